The van der Waals surface area contributed by atoms with Crippen LogP contribution in [0.15, 0.2) is 0 Å². The van der Waals surface area contributed by atoms with Crippen molar-refractivity contribution in [1.82, 2.24) is 15.5 Å². The van der Waals surface area contributed by atoms with Crippen LogP contribution in [0.3, 0.4) is 0 Å². The minimum absolute atomic E-state index is 0.194. The second kappa shape index (κ2) is 8.53. The molecule has 1 fully saturated rings. The predicted molar refractivity (Wildman–Crippen MR) is 91.4 cm³/mol. The number of hydrogen-bond donors (Lipinski definition) is 3. The third-order valence-corrected chi connectivity index (χ3v) is 4.68. The first kappa shape index (κ1) is 21.2. The van der Waals surface area contributed by atoms with E-state index in [1.165, 1.54) is 6.92 Å². The molecule has 0 aromatic carbocycles. The monoisotopic (exact) mass is 355 g/mol. The Morgan fingerprint density at radius 3 is 2.20 bits per heavy atom. The van der Waals surface area contributed by atoms with Crippen LogP contribution in [0.2, 0.25) is 0 Å². The van der Waals surface area contributed by atoms with Crippen LogP contribution >= 0.6 is 0 Å². The van der Waals surface area contributed by atoms with E-state index in [0.29, 0.717) is 0 Å². The lowest BCUT2D eigenvalue weighted by atomic mass is 9.95. The van der Waals surface area contributed by atoms with E-state index < -0.39 is 42.0 Å². The van der Waals surface area contributed by atoms with Crippen LogP contribution in [0.5, 0.6) is 0 Å². The first-order chi connectivity index (χ1) is 11.5. The quantitative estimate of drug-likeness (QED) is 0.528. The number of likely N-dealkylation sites (N-methyl/N-ethyl adjacent to an activating group) is 1. The van der Waals surface area contributed by atoms with Crippen LogP contribution in [0, 0.1) is 11.8 Å². The highest BCUT2D eigenvalue weighted by atomic mass is 16.3. The number of ketones is 1. The number of imide groups is 1. The summed E-state index contributed by atoms with van der Waals surface area (Å²) in [5.41, 5.74) is 0. The Bertz CT molecular complexity index is 548. The summed E-state index contributed by atoms with van der Waals surface area (Å²) >= 11 is 0. The Morgan fingerprint density at radius 2 is 1.72 bits per heavy atom. The van der Waals surface area contributed by atoms with Gasteiger partial charge in [-0.05, 0) is 26.8 Å². The smallest absolute Gasteiger partial charge is 0.237 e. The topological polar surface area (TPSA) is 116 Å². The average Bonchev–Trinajstić information content (AvgIpc) is 2.85. The largest absolute Gasteiger partial charge is 0.390 e. The Morgan fingerprint density at radius 1 is 1.16 bits per heavy atom. The highest BCUT2D eigenvalue weighted by molar-refractivity contribution is 6.14. The van der Waals surface area contributed by atoms with E-state index in [0.717, 1.165) is 4.90 Å². The first-order valence-corrected chi connectivity index (χ1v) is 8.57. The van der Waals surface area contributed by atoms with Crippen molar-refractivity contribution >= 4 is 23.5 Å². The summed E-state index contributed by atoms with van der Waals surface area (Å²) in [6.07, 6.45) is -1.47. The second-order valence-electron chi connectivity index (χ2n) is 7.02. The fourth-order valence-corrected chi connectivity index (χ4v) is 2.93. The molecule has 0 aromatic heterocycles. The number of nitrogens with zero attached hydrogens (tertiary/aromatic N) is 1. The Kier molecular flexibility index (Phi) is 7.25. The van der Waals surface area contributed by atoms with E-state index in [4.69, 9.17) is 0 Å². The minimum Gasteiger partial charge on any atom is -0.390 e. The number of Topliss-reactive ketones (excluding diaryl/α,β-unsaturated/α-hetero) is 1. The summed E-state index contributed by atoms with van der Waals surface area (Å²) < 4.78 is 0. The maximum atomic E-state index is 12.7. The number of hydrogen-bond acceptors (Lipinski definition) is 6. The molecule has 142 valence electrons. The molecule has 1 saturated heterocycles. The summed E-state index contributed by atoms with van der Waals surface area (Å²) in [7, 11) is 1.64. The van der Waals surface area contributed by atoms with Crippen LogP contribution in [0.4, 0.5) is 0 Å². The van der Waals surface area contributed by atoms with E-state index in [1.54, 1.807) is 34.7 Å². The third kappa shape index (κ3) is 4.64. The number of rotatable bonds is 7. The molecule has 5 atom stereocenters. The molecule has 0 aliphatic carbocycles. The van der Waals surface area contributed by atoms with E-state index in [-0.39, 0.29) is 24.0 Å². The fourth-order valence-electron chi connectivity index (χ4n) is 2.93. The molecule has 3 amide bonds. The first-order valence-electron chi connectivity index (χ1n) is 8.57. The van der Waals surface area contributed by atoms with Crippen molar-refractivity contribution in [2.24, 2.45) is 11.8 Å². The second-order valence-corrected chi connectivity index (χ2v) is 7.02. The van der Waals surface area contributed by atoms with Gasteiger partial charge < -0.3 is 15.7 Å². The normalized spacial score (nSPS) is 22.7. The summed E-state index contributed by atoms with van der Waals surface area (Å²) in [5.74, 6) is -2.84. The lowest BCUT2D eigenvalue weighted by Gasteiger charge is -2.31. The summed E-state index contributed by atoms with van der Waals surface area (Å²) in [4.78, 5) is 49.6. The van der Waals surface area contributed by atoms with Gasteiger partial charge >= 0.3 is 0 Å². The molecule has 0 bridgehead atoms. The van der Waals surface area contributed by atoms with Crippen LogP contribution in [0.25, 0.3) is 0 Å². The zero-order chi connectivity index (χ0) is 19.5. The molecule has 0 spiro atoms. The Balaban J connectivity index is 2.85. The Labute approximate surface area is 148 Å². The van der Waals surface area contributed by atoms with Crippen LogP contribution in [0.1, 0.15) is 41.0 Å². The number of carbonyl (C=O) groups is 4. The van der Waals surface area contributed by atoms with E-state index in [1.807, 2.05) is 0 Å². The van der Waals surface area contributed by atoms with Gasteiger partial charge in [0.25, 0.3) is 0 Å². The van der Waals surface area contributed by atoms with Gasteiger partial charge in [0.1, 0.15) is 6.04 Å². The van der Waals surface area contributed by atoms with Gasteiger partial charge in [-0.2, -0.15) is 0 Å². The maximum Gasteiger partial charge on any atom is 0.237 e. The fraction of sp³-hybridized carbons (Fsp3) is 0.765. The van der Waals surface area contributed by atoms with Gasteiger partial charge in [-0.15, -0.1) is 0 Å². The molecule has 8 nitrogen and oxygen atoms in total. The van der Waals surface area contributed by atoms with Gasteiger partial charge in [-0.3, -0.25) is 24.1 Å². The zero-order valence-electron chi connectivity index (χ0n) is 15.7. The third-order valence-electron chi connectivity index (χ3n) is 4.68. The molecule has 1 heterocycles. The van der Waals surface area contributed by atoms with Gasteiger partial charge in [-0.25, -0.2) is 0 Å². The highest BCUT2D eigenvalue weighted by Gasteiger charge is 2.46. The average molecular weight is 355 g/mol. The number of aliphatic hydroxyl groups excluding tert-OH is 1. The maximum absolute atomic E-state index is 12.7. The van der Waals surface area contributed by atoms with Gasteiger partial charge in [0.2, 0.25) is 17.7 Å². The SMILES string of the molecule is CN[C@H](C)C(=O)N[C@H](C)[C@H](O)[C@H](C)C(=O)N1C(=O)CC(=O)[C@@H]1C(C)C. The van der Waals surface area contributed by atoms with E-state index >= 15 is 0 Å². The van der Waals surface area contributed by atoms with Gasteiger partial charge in [0.05, 0.1) is 30.5 Å². The summed E-state index contributed by atoms with van der Waals surface area (Å²) in [5, 5.41) is 15.8. The van der Waals surface area contributed by atoms with Crippen molar-refractivity contribution in [2.45, 2.75) is 65.3 Å². The number of nitrogens with one attached hydrogen (secondary N) is 2. The van der Waals surface area contributed by atoms with Gasteiger partial charge in [0.15, 0.2) is 5.78 Å². The van der Waals surface area contributed by atoms with Crippen molar-refractivity contribution in [3.63, 3.8) is 0 Å². The van der Waals surface area contributed by atoms with Crippen LogP contribution in [-0.2, 0) is 19.2 Å². The van der Waals surface area contributed by atoms with E-state index in [9.17, 15) is 24.3 Å². The molecule has 1 aliphatic rings. The van der Waals surface area contributed by atoms with Crippen molar-refractivity contribution in [2.75, 3.05) is 7.05 Å². The Hall–Kier alpha value is -1.80. The number of amides is 3. The zero-order valence-corrected chi connectivity index (χ0v) is 15.7. The van der Waals surface area contributed by atoms with Crippen molar-refractivity contribution < 1.29 is 24.3 Å². The van der Waals surface area contributed by atoms with Crippen molar-refractivity contribution in [1.29, 1.82) is 0 Å². The lowest BCUT2D eigenvalue weighted by molar-refractivity contribution is -0.151. The predicted octanol–water partition coefficient (Wildman–Crippen LogP) is -0.551. The molecule has 0 radical (unpaired) electrons. The summed E-state index contributed by atoms with van der Waals surface area (Å²) in [6, 6.07) is -1.92. The lowest BCUT2D eigenvalue weighted by Crippen LogP contribution is -2.54. The molecule has 3 N–H and O–H groups in total. The molecule has 0 saturated carbocycles. The molecule has 1 aliphatic heterocycles. The van der Waals surface area contributed by atoms with Crippen LogP contribution in [-0.4, -0.2) is 64.8 Å². The van der Waals surface area contributed by atoms with Crippen molar-refractivity contribution in [3.8, 4) is 0 Å². The van der Waals surface area contributed by atoms with Gasteiger partial charge in [-0.1, -0.05) is 20.8 Å². The molecular weight excluding hydrogens is 326 g/mol. The number of aliphatic hydroxyl groups is 1. The number of likely N-dealkylation sites (tertiary alicyclic amines) is 1. The molecule has 25 heavy (non-hydrogen) atoms. The van der Waals surface area contributed by atoms with Crippen molar-refractivity contribution in [3.05, 3.63) is 0 Å². The standard InChI is InChI=1S/C17H29N3O5/c1-8(2)14-12(21)7-13(22)20(14)17(25)9(3)15(23)10(4)19-16(24)11(5)18-6/h8-11,14-15,18,23H,7H2,1-6H3,(H,19,24)/t9-,10+,11+,14-,15+/m0/s1. The molecule has 8 heteroatoms. The molecule has 0 unspecified atom stereocenters. The van der Waals surface area contributed by atoms with E-state index in [2.05, 4.69) is 10.6 Å². The molecular formula is C17H29N3O5. The minimum atomic E-state index is -1.18. The molecule has 1 rings (SSSR count). The van der Waals surface area contributed by atoms with Crippen LogP contribution < -0.4 is 10.6 Å². The molecule has 0 aromatic rings. The number of carbonyl (C=O) groups excluding carboxylic acids is 4. The summed E-state index contributed by atoms with van der Waals surface area (Å²) in [6.45, 7) is 8.29. The highest BCUT2D eigenvalue weighted by Crippen LogP contribution is 2.25. The van der Waals surface area contributed by atoms with Gasteiger partial charge in [0, 0.05) is 0 Å².